The summed E-state index contributed by atoms with van der Waals surface area (Å²) in [7, 11) is 1.87. The number of likely N-dealkylation sites (tertiary alicyclic amines) is 1. The van der Waals surface area contributed by atoms with Crippen molar-refractivity contribution in [3.8, 4) is 0 Å². The molecule has 0 bridgehead atoms. The number of amides is 1. The Kier molecular flexibility index (Phi) is 4.35. The first kappa shape index (κ1) is 13.5. The molecule has 98 valence electrons. The van der Waals surface area contributed by atoms with Gasteiger partial charge in [0.15, 0.2) is 0 Å². The van der Waals surface area contributed by atoms with Crippen molar-refractivity contribution in [3.05, 3.63) is 34.1 Å². The van der Waals surface area contributed by atoms with Crippen LogP contribution in [0.2, 0.25) is 0 Å². The van der Waals surface area contributed by atoms with E-state index in [1.807, 2.05) is 11.9 Å². The maximum Gasteiger partial charge on any atom is 0.255 e. The molecule has 2 rings (SSSR count). The fourth-order valence-electron chi connectivity index (χ4n) is 2.37. The summed E-state index contributed by atoms with van der Waals surface area (Å²) >= 11 is 3.31. The molecule has 0 aliphatic carbocycles. The molecule has 5 heteroatoms. The minimum absolute atomic E-state index is 0.0980. The van der Waals surface area contributed by atoms with E-state index in [2.05, 4.69) is 21.2 Å². The monoisotopic (exact) mass is 314 g/mol. The van der Waals surface area contributed by atoms with Gasteiger partial charge in [-0.25, -0.2) is 4.39 Å². The number of nitrogens with zero attached hydrogens (tertiary/aromatic N) is 1. The van der Waals surface area contributed by atoms with Crippen LogP contribution in [0.1, 0.15) is 23.2 Å². The van der Waals surface area contributed by atoms with E-state index >= 15 is 0 Å². The van der Waals surface area contributed by atoms with E-state index in [9.17, 15) is 9.18 Å². The van der Waals surface area contributed by atoms with Crippen LogP contribution in [0.3, 0.4) is 0 Å². The van der Waals surface area contributed by atoms with Crippen LogP contribution >= 0.6 is 15.9 Å². The van der Waals surface area contributed by atoms with Crippen molar-refractivity contribution in [2.24, 2.45) is 0 Å². The predicted molar refractivity (Wildman–Crippen MR) is 72.1 cm³/mol. The zero-order valence-electron chi connectivity index (χ0n) is 10.2. The first-order valence-corrected chi connectivity index (χ1v) is 6.83. The Labute approximate surface area is 114 Å². The Morgan fingerprint density at radius 1 is 1.61 bits per heavy atom. The average Bonchev–Trinajstić information content (AvgIpc) is 2.80. The number of halogens is 2. The number of hydrogen-bond acceptors (Lipinski definition) is 2. The van der Waals surface area contributed by atoms with Crippen LogP contribution in [0.25, 0.3) is 0 Å². The highest BCUT2D eigenvalue weighted by Gasteiger charge is 2.29. The lowest BCUT2D eigenvalue weighted by Crippen LogP contribution is -2.41. The molecule has 0 unspecified atom stereocenters. The highest BCUT2D eigenvalue weighted by Crippen LogP contribution is 2.24. The van der Waals surface area contributed by atoms with Gasteiger partial charge in [-0.05, 0) is 54.0 Å². The molecule has 0 spiro atoms. The Morgan fingerprint density at radius 2 is 2.39 bits per heavy atom. The minimum Gasteiger partial charge on any atom is -0.334 e. The third-order valence-electron chi connectivity index (χ3n) is 3.24. The molecule has 1 saturated heterocycles. The third kappa shape index (κ3) is 2.72. The number of benzene rings is 1. The van der Waals surface area contributed by atoms with Crippen LogP contribution in [0.15, 0.2) is 22.7 Å². The lowest BCUT2D eigenvalue weighted by Gasteiger charge is -2.25. The van der Waals surface area contributed by atoms with E-state index < -0.39 is 0 Å². The average molecular weight is 315 g/mol. The van der Waals surface area contributed by atoms with Crippen molar-refractivity contribution < 1.29 is 9.18 Å². The molecule has 1 N–H and O–H groups in total. The molecule has 1 aromatic rings. The maximum absolute atomic E-state index is 13.2. The summed E-state index contributed by atoms with van der Waals surface area (Å²) in [6.45, 7) is 1.52. The van der Waals surface area contributed by atoms with E-state index in [1.54, 1.807) is 6.07 Å². The summed E-state index contributed by atoms with van der Waals surface area (Å²) in [6, 6.07) is 4.42. The van der Waals surface area contributed by atoms with Crippen molar-refractivity contribution >= 4 is 21.8 Å². The molecule has 3 nitrogen and oxygen atoms in total. The fraction of sp³-hybridized carbons (Fsp3) is 0.462. The van der Waals surface area contributed by atoms with Gasteiger partial charge in [0.25, 0.3) is 5.91 Å². The molecule has 1 aromatic carbocycles. The minimum atomic E-state index is -0.383. The highest BCUT2D eigenvalue weighted by atomic mass is 79.9. The lowest BCUT2D eigenvalue weighted by molar-refractivity contribution is 0.0735. The first-order chi connectivity index (χ1) is 8.63. The summed E-state index contributed by atoms with van der Waals surface area (Å²) < 4.78 is 13.9. The van der Waals surface area contributed by atoms with Gasteiger partial charge in [-0.2, -0.15) is 0 Å². The van der Waals surface area contributed by atoms with E-state index in [4.69, 9.17) is 0 Å². The standard InChI is InChI=1S/C13H16BrFN2O/c1-16-8-10-3-2-6-17(10)13(18)11-7-9(15)4-5-12(11)14/h4-5,7,10,16H,2-3,6,8H2,1H3/t10-/m0/s1. The lowest BCUT2D eigenvalue weighted by atomic mass is 10.1. The summed E-state index contributed by atoms with van der Waals surface area (Å²) in [5, 5.41) is 3.09. The number of hydrogen-bond donors (Lipinski definition) is 1. The Balaban J connectivity index is 2.22. The van der Waals surface area contributed by atoms with Crippen LogP contribution in [-0.2, 0) is 0 Å². The summed E-state index contributed by atoms with van der Waals surface area (Å²) in [5.41, 5.74) is 0.401. The van der Waals surface area contributed by atoms with Gasteiger partial charge < -0.3 is 10.2 Å². The summed E-state index contributed by atoms with van der Waals surface area (Å²) in [4.78, 5) is 14.2. The van der Waals surface area contributed by atoms with Gasteiger partial charge in [0, 0.05) is 23.6 Å². The molecule has 0 saturated carbocycles. The van der Waals surface area contributed by atoms with Crippen molar-refractivity contribution in [1.82, 2.24) is 10.2 Å². The molecule has 1 aliphatic rings. The SMILES string of the molecule is CNC[C@@H]1CCCN1C(=O)c1cc(F)ccc1Br. The van der Waals surface area contributed by atoms with E-state index in [0.717, 1.165) is 25.9 Å². The number of carbonyl (C=O) groups is 1. The second kappa shape index (κ2) is 5.80. The second-order valence-electron chi connectivity index (χ2n) is 4.48. The Hall–Kier alpha value is -0.940. The number of carbonyl (C=O) groups excluding carboxylic acids is 1. The van der Waals surface area contributed by atoms with Crippen LogP contribution < -0.4 is 5.32 Å². The molecular formula is C13H16BrFN2O. The van der Waals surface area contributed by atoms with Gasteiger partial charge in [0.2, 0.25) is 0 Å². The van der Waals surface area contributed by atoms with Crippen LogP contribution in [0, 0.1) is 5.82 Å². The zero-order valence-corrected chi connectivity index (χ0v) is 11.8. The maximum atomic E-state index is 13.2. The van der Waals surface area contributed by atoms with E-state index in [-0.39, 0.29) is 17.8 Å². The van der Waals surface area contributed by atoms with E-state index in [1.165, 1.54) is 12.1 Å². The van der Waals surface area contributed by atoms with Gasteiger partial charge in [-0.1, -0.05) is 0 Å². The normalized spacial score (nSPS) is 19.3. The fourth-order valence-corrected chi connectivity index (χ4v) is 2.78. The van der Waals surface area contributed by atoms with Crippen molar-refractivity contribution in [1.29, 1.82) is 0 Å². The van der Waals surface area contributed by atoms with Crippen molar-refractivity contribution in [3.63, 3.8) is 0 Å². The van der Waals surface area contributed by atoms with E-state index in [0.29, 0.717) is 10.0 Å². The van der Waals surface area contributed by atoms with Gasteiger partial charge in [0.05, 0.1) is 5.56 Å². The molecule has 1 fully saturated rings. The Morgan fingerprint density at radius 3 is 3.11 bits per heavy atom. The number of nitrogens with one attached hydrogen (secondary N) is 1. The van der Waals surface area contributed by atoms with Gasteiger partial charge in [-0.3, -0.25) is 4.79 Å². The van der Waals surface area contributed by atoms with Gasteiger partial charge in [-0.15, -0.1) is 0 Å². The molecule has 1 atom stereocenters. The molecule has 1 aliphatic heterocycles. The largest absolute Gasteiger partial charge is 0.334 e. The smallest absolute Gasteiger partial charge is 0.255 e. The summed E-state index contributed by atoms with van der Waals surface area (Å²) in [6.07, 6.45) is 2.00. The molecule has 1 heterocycles. The van der Waals surface area contributed by atoms with Crippen LogP contribution in [-0.4, -0.2) is 37.0 Å². The number of likely N-dealkylation sites (N-methyl/N-ethyl adjacent to an activating group) is 1. The van der Waals surface area contributed by atoms with Crippen LogP contribution in [0.5, 0.6) is 0 Å². The molecular weight excluding hydrogens is 299 g/mol. The summed E-state index contributed by atoms with van der Waals surface area (Å²) in [5.74, 6) is -0.481. The highest BCUT2D eigenvalue weighted by molar-refractivity contribution is 9.10. The van der Waals surface area contributed by atoms with Crippen molar-refractivity contribution in [2.75, 3.05) is 20.1 Å². The molecule has 1 amide bonds. The zero-order chi connectivity index (χ0) is 13.1. The third-order valence-corrected chi connectivity index (χ3v) is 3.93. The molecule has 18 heavy (non-hydrogen) atoms. The quantitative estimate of drug-likeness (QED) is 0.929. The predicted octanol–water partition coefficient (Wildman–Crippen LogP) is 2.41. The van der Waals surface area contributed by atoms with Crippen molar-refractivity contribution in [2.45, 2.75) is 18.9 Å². The first-order valence-electron chi connectivity index (χ1n) is 6.04. The number of rotatable bonds is 3. The molecule has 0 radical (unpaired) electrons. The van der Waals surface area contributed by atoms with Crippen LogP contribution in [0.4, 0.5) is 4.39 Å². The van der Waals surface area contributed by atoms with Gasteiger partial charge in [0.1, 0.15) is 5.82 Å². The topological polar surface area (TPSA) is 32.3 Å². The Bertz CT molecular complexity index is 453. The molecule has 0 aromatic heterocycles. The van der Waals surface area contributed by atoms with Gasteiger partial charge >= 0.3 is 0 Å². The second-order valence-corrected chi connectivity index (χ2v) is 5.33.